The van der Waals surface area contributed by atoms with Crippen molar-refractivity contribution in [2.45, 2.75) is 33.0 Å². The Hall–Kier alpha value is -0.910. The third-order valence-corrected chi connectivity index (χ3v) is 4.28. The summed E-state index contributed by atoms with van der Waals surface area (Å²) >= 11 is 1.67. The molecule has 1 amide bonds. The van der Waals surface area contributed by atoms with Gasteiger partial charge >= 0.3 is 0 Å². The number of rotatable bonds is 5. The molecule has 4 nitrogen and oxygen atoms in total. The monoisotopic (exact) mass is 295 g/mol. The Balaban J connectivity index is 2.16. The minimum atomic E-state index is -0.102. The molecular formula is C15H25N3OS. The molecule has 0 aromatic carbocycles. The minimum absolute atomic E-state index is 0.0187. The van der Waals surface area contributed by atoms with Crippen molar-refractivity contribution in [2.24, 2.45) is 5.41 Å². The number of nitrogens with one attached hydrogen (secondary N) is 1. The Morgan fingerprint density at radius 3 is 2.70 bits per heavy atom. The van der Waals surface area contributed by atoms with Crippen molar-refractivity contribution >= 4 is 17.2 Å². The number of hydrogen-bond donors (Lipinski definition) is 1. The molecule has 0 saturated carbocycles. The van der Waals surface area contributed by atoms with Crippen molar-refractivity contribution in [1.29, 1.82) is 0 Å². The van der Waals surface area contributed by atoms with E-state index in [0.717, 1.165) is 13.1 Å². The highest BCUT2D eigenvalue weighted by Gasteiger charge is 2.39. The summed E-state index contributed by atoms with van der Waals surface area (Å²) in [6.45, 7) is 8.10. The molecule has 0 aliphatic carbocycles. The van der Waals surface area contributed by atoms with E-state index in [0.29, 0.717) is 0 Å². The van der Waals surface area contributed by atoms with Crippen LogP contribution in [-0.4, -0.2) is 48.9 Å². The molecule has 0 bridgehead atoms. The Morgan fingerprint density at radius 1 is 1.45 bits per heavy atom. The number of hydrogen-bond acceptors (Lipinski definition) is 4. The maximum Gasteiger partial charge on any atom is 0.241 e. The van der Waals surface area contributed by atoms with Gasteiger partial charge in [-0.05, 0) is 48.8 Å². The summed E-state index contributed by atoms with van der Waals surface area (Å²) in [6, 6.07) is 2.00. The first-order valence-corrected chi connectivity index (χ1v) is 7.98. The number of nitrogens with zero attached hydrogens (tertiary/aromatic N) is 2. The summed E-state index contributed by atoms with van der Waals surface area (Å²) in [5, 5.41) is 7.58. The summed E-state index contributed by atoms with van der Waals surface area (Å²) < 4.78 is 0. The van der Waals surface area contributed by atoms with Crippen LogP contribution in [-0.2, 0) is 4.79 Å². The summed E-state index contributed by atoms with van der Waals surface area (Å²) in [5.41, 5.74) is 1.26. The number of carbonyl (C=O) groups is 1. The zero-order chi connectivity index (χ0) is 14.9. The zero-order valence-corrected chi connectivity index (χ0v) is 13.8. The van der Waals surface area contributed by atoms with Crippen molar-refractivity contribution in [3.05, 3.63) is 22.4 Å². The third-order valence-electron chi connectivity index (χ3n) is 3.57. The highest BCUT2D eigenvalue weighted by atomic mass is 32.1. The lowest BCUT2D eigenvalue weighted by Gasteiger charge is -2.35. The van der Waals surface area contributed by atoms with E-state index < -0.39 is 0 Å². The van der Waals surface area contributed by atoms with Gasteiger partial charge in [0.15, 0.2) is 0 Å². The molecule has 1 aromatic heterocycles. The molecule has 0 spiro atoms. The van der Waals surface area contributed by atoms with E-state index in [1.807, 2.05) is 11.8 Å². The van der Waals surface area contributed by atoms with Crippen LogP contribution in [0.25, 0.3) is 0 Å². The standard InChI is InChI=1S/C15H25N3OS/c1-11-14(19)18(10-15(2,3)9-17(4)5)13(16-11)12-6-7-20-8-12/h6-8,11,13,16H,9-10H2,1-5H3. The second-order valence-corrected chi connectivity index (χ2v) is 7.50. The first-order chi connectivity index (χ1) is 9.30. The van der Waals surface area contributed by atoms with E-state index in [1.165, 1.54) is 5.56 Å². The average molecular weight is 295 g/mol. The smallest absolute Gasteiger partial charge is 0.241 e. The highest BCUT2D eigenvalue weighted by molar-refractivity contribution is 7.07. The molecule has 2 heterocycles. The van der Waals surface area contributed by atoms with Gasteiger partial charge in [-0.1, -0.05) is 13.8 Å². The van der Waals surface area contributed by atoms with Crippen LogP contribution in [0.5, 0.6) is 0 Å². The second kappa shape index (κ2) is 5.84. The van der Waals surface area contributed by atoms with Gasteiger partial charge in [0, 0.05) is 13.1 Å². The van der Waals surface area contributed by atoms with E-state index in [9.17, 15) is 4.79 Å². The van der Waals surface area contributed by atoms with Crippen molar-refractivity contribution in [3.8, 4) is 0 Å². The SMILES string of the molecule is CC1NC(c2ccsc2)N(CC(C)(C)CN(C)C)C1=O. The molecular weight excluding hydrogens is 270 g/mol. The number of amides is 1. The first kappa shape index (κ1) is 15.5. The summed E-state index contributed by atoms with van der Waals surface area (Å²) in [6.07, 6.45) is 0.0187. The largest absolute Gasteiger partial charge is 0.321 e. The molecule has 1 aliphatic rings. The van der Waals surface area contributed by atoms with E-state index in [-0.39, 0.29) is 23.5 Å². The molecule has 2 atom stereocenters. The van der Waals surface area contributed by atoms with Gasteiger partial charge in [0.05, 0.1) is 6.04 Å². The Morgan fingerprint density at radius 2 is 2.15 bits per heavy atom. The topological polar surface area (TPSA) is 35.6 Å². The van der Waals surface area contributed by atoms with E-state index >= 15 is 0 Å². The Bertz CT molecular complexity index is 456. The van der Waals surface area contributed by atoms with Crippen LogP contribution in [0.3, 0.4) is 0 Å². The molecule has 5 heteroatoms. The molecule has 112 valence electrons. The van der Waals surface area contributed by atoms with Gasteiger partial charge in [0.1, 0.15) is 6.17 Å². The molecule has 1 saturated heterocycles. The molecule has 2 unspecified atom stereocenters. The van der Waals surface area contributed by atoms with Gasteiger partial charge in [0.25, 0.3) is 0 Å². The van der Waals surface area contributed by atoms with Gasteiger partial charge in [0.2, 0.25) is 5.91 Å². The summed E-state index contributed by atoms with van der Waals surface area (Å²) in [5.74, 6) is 0.202. The number of carbonyl (C=O) groups excluding carboxylic acids is 1. The van der Waals surface area contributed by atoms with Crippen molar-refractivity contribution in [3.63, 3.8) is 0 Å². The zero-order valence-electron chi connectivity index (χ0n) is 13.0. The van der Waals surface area contributed by atoms with E-state index in [1.54, 1.807) is 11.3 Å². The van der Waals surface area contributed by atoms with Crippen molar-refractivity contribution < 1.29 is 4.79 Å². The van der Waals surface area contributed by atoms with Gasteiger partial charge in [-0.15, -0.1) is 0 Å². The summed E-state index contributed by atoms with van der Waals surface area (Å²) in [7, 11) is 4.15. The predicted octanol–water partition coefficient (Wildman–Crippen LogP) is 2.15. The van der Waals surface area contributed by atoms with Crippen LogP contribution in [0.1, 0.15) is 32.5 Å². The van der Waals surface area contributed by atoms with Gasteiger partial charge < -0.3 is 9.80 Å². The molecule has 1 aliphatic heterocycles. The third kappa shape index (κ3) is 3.40. The molecule has 20 heavy (non-hydrogen) atoms. The van der Waals surface area contributed by atoms with Crippen LogP contribution in [0.4, 0.5) is 0 Å². The average Bonchev–Trinajstić information content (AvgIpc) is 2.91. The van der Waals surface area contributed by atoms with Crippen LogP contribution in [0.2, 0.25) is 0 Å². The van der Waals surface area contributed by atoms with E-state index in [2.05, 4.69) is 55.0 Å². The molecule has 2 rings (SSSR count). The van der Waals surface area contributed by atoms with Gasteiger partial charge in [-0.2, -0.15) is 11.3 Å². The van der Waals surface area contributed by atoms with E-state index in [4.69, 9.17) is 0 Å². The van der Waals surface area contributed by atoms with Gasteiger partial charge in [-0.25, -0.2) is 0 Å². The predicted molar refractivity (Wildman–Crippen MR) is 83.7 cm³/mol. The normalized spacial score (nSPS) is 23.9. The second-order valence-electron chi connectivity index (χ2n) is 6.72. The lowest BCUT2D eigenvalue weighted by atomic mass is 9.91. The maximum absolute atomic E-state index is 12.4. The quantitative estimate of drug-likeness (QED) is 0.904. The fourth-order valence-corrected chi connectivity index (χ4v) is 3.70. The Kier molecular flexibility index (Phi) is 4.52. The molecule has 1 N–H and O–H groups in total. The molecule has 1 aromatic rings. The fourth-order valence-electron chi connectivity index (χ4n) is 3.02. The molecule has 0 radical (unpaired) electrons. The minimum Gasteiger partial charge on any atom is -0.321 e. The van der Waals surface area contributed by atoms with Crippen molar-refractivity contribution in [2.75, 3.05) is 27.2 Å². The number of thiophene rings is 1. The van der Waals surface area contributed by atoms with Crippen LogP contribution in [0, 0.1) is 5.41 Å². The fraction of sp³-hybridized carbons (Fsp3) is 0.667. The van der Waals surface area contributed by atoms with Crippen LogP contribution >= 0.6 is 11.3 Å². The van der Waals surface area contributed by atoms with Crippen LogP contribution in [0.15, 0.2) is 16.8 Å². The molecule has 1 fully saturated rings. The lowest BCUT2D eigenvalue weighted by Crippen LogP contribution is -2.42. The lowest BCUT2D eigenvalue weighted by molar-refractivity contribution is -0.131. The summed E-state index contributed by atoms with van der Waals surface area (Å²) in [4.78, 5) is 16.6. The maximum atomic E-state index is 12.4. The van der Waals surface area contributed by atoms with Gasteiger partial charge in [-0.3, -0.25) is 10.1 Å². The Labute approximate surface area is 125 Å². The highest BCUT2D eigenvalue weighted by Crippen LogP contribution is 2.30. The van der Waals surface area contributed by atoms with Crippen molar-refractivity contribution in [1.82, 2.24) is 15.1 Å². The first-order valence-electron chi connectivity index (χ1n) is 7.03. The van der Waals surface area contributed by atoms with Crippen LogP contribution < -0.4 is 5.32 Å².